The molecule has 0 aliphatic heterocycles. The van der Waals surface area contributed by atoms with E-state index in [0.29, 0.717) is 6.42 Å². The van der Waals surface area contributed by atoms with Crippen LogP contribution in [0.25, 0.3) is 0 Å². The summed E-state index contributed by atoms with van der Waals surface area (Å²) in [5, 5.41) is 0. The van der Waals surface area contributed by atoms with Gasteiger partial charge >= 0.3 is 19.8 Å². The fourth-order valence-corrected chi connectivity index (χ4v) is 11.6. The predicted molar refractivity (Wildman–Crippen MR) is 376 cm³/mol. The van der Waals surface area contributed by atoms with Gasteiger partial charge in [-0.2, -0.15) is 0 Å². The van der Waals surface area contributed by atoms with E-state index in [4.69, 9.17) is 24.3 Å². The van der Waals surface area contributed by atoms with Crippen LogP contribution in [0.5, 0.6) is 0 Å². The fraction of sp³-hybridized carbons (Fsp3) is 0.792. The molecular weight excluding hydrogens is 1100 g/mol. The number of allylic oxidation sites excluding steroid dienone is 14. The average molecular weight is 1240 g/mol. The van der Waals surface area contributed by atoms with Crippen molar-refractivity contribution in [1.29, 1.82) is 0 Å². The Bertz CT molecular complexity index is 1700. The van der Waals surface area contributed by atoms with Crippen molar-refractivity contribution in [2.45, 2.75) is 367 Å². The highest BCUT2D eigenvalue weighted by molar-refractivity contribution is 7.47. The van der Waals surface area contributed by atoms with Crippen LogP contribution in [-0.2, 0) is 32.7 Å². The first-order chi connectivity index (χ1) is 42.8. The van der Waals surface area contributed by atoms with E-state index >= 15 is 0 Å². The normalized spacial score (nSPS) is 13.4. The van der Waals surface area contributed by atoms with Gasteiger partial charge in [-0.15, -0.1) is 0 Å². The number of rotatable bonds is 70. The van der Waals surface area contributed by atoms with Gasteiger partial charge < -0.3 is 20.1 Å². The summed E-state index contributed by atoms with van der Waals surface area (Å²) in [6, 6.07) is 0. The van der Waals surface area contributed by atoms with Crippen LogP contribution in [0.4, 0.5) is 0 Å². The van der Waals surface area contributed by atoms with Crippen LogP contribution in [0.3, 0.4) is 0 Å². The predicted octanol–water partition coefficient (Wildman–Crippen LogP) is 24.5. The zero-order chi connectivity index (χ0) is 63.0. The smallest absolute Gasteiger partial charge is 0.462 e. The topological polar surface area (TPSA) is 134 Å². The summed E-state index contributed by atoms with van der Waals surface area (Å²) in [5.41, 5.74) is 5.41. The van der Waals surface area contributed by atoms with E-state index in [1.165, 1.54) is 257 Å². The number of phosphoric acid groups is 1. The Hall–Kier alpha value is -2.81. The molecule has 0 rings (SSSR count). The molecule has 0 saturated heterocycles. The number of hydrogen-bond donors (Lipinski definition) is 2. The van der Waals surface area contributed by atoms with E-state index in [2.05, 4.69) is 98.9 Å². The summed E-state index contributed by atoms with van der Waals surface area (Å²) in [4.78, 5) is 35.4. The molecule has 0 heterocycles. The number of unbranched alkanes of at least 4 members (excludes halogenated alkanes) is 43. The lowest BCUT2D eigenvalue weighted by molar-refractivity contribution is -0.161. The zero-order valence-corrected chi connectivity index (χ0v) is 57.9. The minimum atomic E-state index is -4.39. The summed E-state index contributed by atoms with van der Waals surface area (Å²) in [7, 11) is -4.39. The SMILES string of the molecule is CC/C=C\C/C=C\C/C=C\C/C=C\C/C=C\C/C=C\CCCCCCCCCCCCCCCCCCCCCCCCC(=O)OC(COC(=O)CCCCCCCCCCCCCCC/C=C\CCCCCCCCCC)COP(=O)(O)OCCN. The van der Waals surface area contributed by atoms with Crippen molar-refractivity contribution in [2.75, 3.05) is 26.4 Å². The van der Waals surface area contributed by atoms with E-state index in [1.807, 2.05) is 0 Å². The molecule has 0 aromatic rings. The van der Waals surface area contributed by atoms with Crippen LogP contribution < -0.4 is 5.73 Å². The van der Waals surface area contributed by atoms with Crippen LogP contribution in [0, 0.1) is 0 Å². The quantitative estimate of drug-likeness (QED) is 0.0264. The molecule has 0 spiro atoms. The van der Waals surface area contributed by atoms with Crippen LogP contribution >= 0.6 is 7.82 Å². The second-order valence-electron chi connectivity index (χ2n) is 24.8. The first-order valence-corrected chi connectivity index (χ1v) is 38.6. The van der Waals surface area contributed by atoms with Crippen LogP contribution in [-0.4, -0.2) is 49.3 Å². The Morgan fingerprint density at radius 1 is 0.356 bits per heavy atom. The van der Waals surface area contributed by atoms with Gasteiger partial charge in [-0.3, -0.25) is 18.6 Å². The first kappa shape index (κ1) is 84.2. The van der Waals surface area contributed by atoms with Gasteiger partial charge in [0.1, 0.15) is 6.61 Å². The third-order valence-electron chi connectivity index (χ3n) is 16.3. The van der Waals surface area contributed by atoms with Gasteiger partial charge in [0.2, 0.25) is 0 Å². The second kappa shape index (κ2) is 72.3. The first-order valence-electron chi connectivity index (χ1n) is 37.1. The Morgan fingerprint density at radius 3 is 0.954 bits per heavy atom. The number of nitrogens with two attached hydrogens (primary N) is 1. The van der Waals surface area contributed by atoms with Gasteiger partial charge in [0.05, 0.1) is 13.2 Å². The van der Waals surface area contributed by atoms with Crippen molar-refractivity contribution in [1.82, 2.24) is 0 Å². The molecule has 10 heteroatoms. The van der Waals surface area contributed by atoms with Crippen molar-refractivity contribution >= 4 is 19.8 Å². The highest BCUT2D eigenvalue weighted by Crippen LogP contribution is 2.43. The minimum absolute atomic E-state index is 0.0539. The van der Waals surface area contributed by atoms with Gasteiger partial charge in [-0.25, -0.2) is 4.57 Å². The maximum absolute atomic E-state index is 12.8. The lowest BCUT2D eigenvalue weighted by atomic mass is 10.0. The molecule has 0 aromatic heterocycles. The zero-order valence-electron chi connectivity index (χ0n) is 57.0. The molecule has 9 nitrogen and oxygen atoms in total. The fourth-order valence-electron chi connectivity index (χ4n) is 10.8. The van der Waals surface area contributed by atoms with E-state index in [0.717, 1.165) is 70.6 Å². The van der Waals surface area contributed by atoms with Gasteiger partial charge in [0, 0.05) is 19.4 Å². The largest absolute Gasteiger partial charge is 0.472 e. The Kier molecular flexibility index (Phi) is 69.9. The Labute approximate surface area is 538 Å². The van der Waals surface area contributed by atoms with E-state index in [9.17, 15) is 19.0 Å². The third kappa shape index (κ3) is 72.1. The van der Waals surface area contributed by atoms with Gasteiger partial charge in [-0.05, 0) is 89.9 Å². The number of esters is 2. The standard InChI is InChI=1S/C77H140NO8P/c1-3-5-7-9-11-13-15-17-19-21-23-25-27-29-30-31-32-33-34-35-36-37-38-39-40-41-42-43-44-46-48-50-52-54-56-58-60-62-64-66-68-70-77(80)86-75(74-85-87(81,82)84-72-71-78)73-83-76(79)69-67-65-63-61-59-57-55-53-51-49-47-45-28-26-24-22-20-18-16-14-12-10-8-6-4-2/h5,7,11,13,17,19,22-25,29-30,32-33,75H,3-4,6,8-10,12,14-16,18,20-21,26-28,31,34-74,78H2,1-2H3,(H,81,82)/b7-5-,13-11-,19-17-,24-22-,25-23-,30-29-,33-32-. The van der Waals surface area contributed by atoms with E-state index in [-0.39, 0.29) is 38.6 Å². The van der Waals surface area contributed by atoms with Crippen molar-refractivity contribution in [3.05, 3.63) is 85.1 Å². The molecule has 3 N–H and O–H groups in total. The molecule has 0 amide bonds. The summed E-state index contributed by atoms with van der Waals surface area (Å²) in [6.07, 6.45) is 97.0. The highest BCUT2D eigenvalue weighted by Gasteiger charge is 2.26. The van der Waals surface area contributed by atoms with Crippen molar-refractivity contribution in [3.63, 3.8) is 0 Å². The summed E-state index contributed by atoms with van der Waals surface area (Å²) >= 11 is 0. The molecular formula is C77H140NO8P. The molecule has 0 fully saturated rings. The van der Waals surface area contributed by atoms with E-state index < -0.39 is 26.5 Å². The molecule has 0 aliphatic carbocycles. The summed E-state index contributed by atoms with van der Waals surface area (Å²) in [6.45, 7) is 3.69. The number of carbonyl (C=O) groups is 2. The Balaban J connectivity index is 3.79. The number of carbonyl (C=O) groups excluding carboxylic acids is 2. The molecule has 0 saturated carbocycles. The molecule has 0 aromatic carbocycles. The Morgan fingerprint density at radius 2 is 0.632 bits per heavy atom. The molecule has 0 aliphatic rings. The van der Waals surface area contributed by atoms with Gasteiger partial charge in [-0.1, -0.05) is 343 Å². The van der Waals surface area contributed by atoms with Crippen molar-refractivity contribution < 1.29 is 37.6 Å². The maximum atomic E-state index is 12.8. The van der Waals surface area contributed by atoms with Crippen LogP contribution in [0.15, 0.2) is 85.1 Å². The van der Waals surface area contributed by atoms with Crippen molar-refractivity contribution in [2.24, 2.45) is 5.73 Å². The van der Waals surface area contributed by atoms with E-state index in [1.54, 1.807) is 0 Å². The monoisotopic (exact) mass is 1240 g/mol. The van der Waals surface area contributed by atoms with Crippen LogP contribution in [0.2, 0.25) is 0 Å². The lowest BCUT2D eigenvalue weighted by Crippen LogP contribution is -2.29. The minimum Gasteiger partial charge on any atom is -0.462 e. The molecule has 506 valence electrons. The van der Waals surface area contributed by atoms with Crippen LogP contribution in [0.1, 0.15) is 361 Å². The lowest BCUT2D eigenvalue weighted by Gasteiger charge is -2.19. The number of ether oxygens (including phenoxy) is 2. The number of hydrogen-bond acceptors (Lipinski definition) is 8. The third-order valence-corrected chi connectivity index (χ3v) is 17.2. The second-order valence-corrected chi connectivity index (χ2v) is 26.2. The van der Waals surface area contributed by atoms with Crippen molar-refractivity contribution in [3.8, 4) is 0 Å². The molecule has 87 heavy (non-hydrogen) atoms. The van der Waals surface area contributed by atoms with Gasteiger partial charge in [0.15, 0.2) is 6.10 Å². The highest BCUT2D eigenvalue weighted by atomic mass is 31.2. The maximum Gasteiger partial charge on any atom is 0.472 e. The van der Waals surface area contributed by atoms with Gasteiger partial charge in [0.25, 0.3) is 0 Å². The molecule has 2 atom stereocenters. The molecule has 2 unspecified atom stereocenters. The number of phosphoric ester groups is 1. The summed E-state index contributed by atoms with van der Waals surface area (Å²) in [5.74, 6) is -0.810. The molecule has 0 radical (unpaired) electrons. The summed E-state index contributed by atoms with van der Waals surface area (Å²) < 4.78 is 33.2. The average Bonchev–Trinajstić information content (AvgIpc) is 3.65. The molecule has 0 bridgehead atoms.